The van der Waals surface area contributed by atoms with Crippen molar-refractivity contribution in [3.8, 4) is 0 Å². The molecule has 0 saturated carbocycles. The lowest BCUT2D eigenvalue weighted by molar-refractivity contribution is 0.568. The van der Waals surface area contributed by atoms with Crippen LogP contribution in [0.1, 0.15) is 26.5 Å². The molecule has 0 amide bonds. The van der Waals surface area contributed by atoms with Crippen LogP contribution in [0, 0.1) is 11.6 Å². The van der Waals surface area contributed by atoms with Gasteiger partial charge in [0.2, 0.25) is 0 Å². The summed E-state index contributed by atoms with van der Waals surface area (Å²) in [7, 11) is 0. The molecule has 1 aromatic carbocycles. The topological polar surface area (TPSA) is 12.9 Å². The summed E-state index contributed by atoms with van der Waals surface area (Å²) >= 11 is 0. The molecule has 2 rings (SSSR count). The Labute approximate surface area is 93.1 Å². The van der Waals surface area contributed by atoms with Crippen LogP contribution in [0.15, 0.2) is 24.3 Å². The van der Waals surface area contributed by atoms with Crippen molar-refractivity contribution in [1.29, 1.82) is 0 Å². The number of halogens is 2. The second-order valence-corrected chi connectivity index (χ2v) is 4.90. The average molecular weight is 221 g/mol. The third kappa shape index (κ3) is 1.90. The van der Waals surface area contributed by atoms with Crippen molar-refractivity contribution in [1.82, 2.24) is 4.98 Å². The first kappa shape index (κ1) is 11.0. The lowest BCUT2D eigenvalue weighted by atomic mass is 9.91. The monoisotopic (exact) mass is 221 g/mol. The maximum Gasteiger partial charge on any atom is 0.135 e. The molecule has 0 radical (unpaired) electrons. The number of aromatic nitrogens is 1. The molecule has 1 nitrogen and oxygen atoms in total. The number of nitrogens with zero attached hydrogens (tertiary/aromatic N) is 1. The number of rotatable bonds is 0. The van der Waals surface area contributed by atoms with Crippen LogP contribution in [0.3, 0.4) is 0 Å². The highest BCUT2D eigenvalue weighted by Gasteiger charge is 2.16. The highest BCUT2D eigenvalue weighted by atomic mass is 19.1. The highest BCUT2D eigenvalue weighted by molar-refractivity contribution is 5.79. The van der Waals surface area contributed by atoms with E-state index in [0.29, 0.717) is 10.9 Å². The van der Waals surface area contributed by atoms with Gasteiger partial charge in [-0.3, -0.25) is 4.98 Å². The lowest BCUT2D eigenvalue weighted by Gasteiger charge is -2.18. The fraction of sp³-hybridized carbons (Fsp3) is 0.308. The Morgan fingerprint density at radius 3 is 2.38 bits per heavy atom. The predicted molar refractivity (Wildman–Crippen MR) is 60.4 cm³/mol. The standard InChI is InChI=1S/C13H13F2N/c1-13(2,3)12-5-4-9-10(15)6-8(14)7-11(9)16-12/h4-7H,1-3H3. The van der Waals surface area contributed by atoms with E-state index in [2.05, 4.69) is 4.98 Å². The van der Waals surface area contributed by atoms with Crippen molar-refractivity contribution >= 4 is 10.9 Å². The Hall–Kier alpha value is -1.51. The van der Waals surface area contributed by atoms with Gasteiger partial charge in [-0.25, -0.2) is 8.78 Å². The molecule has 0 bridgehead atoms. The van der Waals surface area contributed by atoms with Gasteiger partial charge >= 0.3 is 0 Å². The van der Waals surface area contributed by atoms with Gasteiger partial charge in [0.25, 0.3) is 0 Å². The van der Waals surface area contributed by atoms with Gasteiger partial charge in [0.05, 0.1) is 5.52 Å². The molecule has 0 atom stereocenters. The molecule has 84 valence electrons. The van der Waals surface area contributed by atoms with Crippen LogP contribution >= 0.6 is 0 Å². The molecule has 0 unspecified atom stereocenters. The number of hydrogen-bond donors (Lipinski definition) is 0. The van der Waals surface area contributed by atoms with E-state index in [1.807, 2.05) is 20.8 Å². The fourth-order valence-electron chi connectivity index (χ4n) is 1.58. The molecular weight excluding hydrogens is 208 g/mol. The molecular formula is C13H13F2N. The maximum absolute atomic E-state index is 13.4. The van der Waals surface area contributed by atoms with Gasteiger partial charge in [-0.2, -0.15) is 0 Å². The summed E-state index contributed by atoms with van der Waals surface area (Å²) in [6, 6.07) is 5.56. The van der Waals surface area contributed by atoms with E-state index in [-0.39, 0.29) is 5.41 Å². The largest absolute Gasteiger partial charge is 0.252 e. The number of benzene rings is 1. The Balaban J connectivity index is 2.71. The maximum atomic E-state index is 13.4. The van der Waals surface area contributed by atoms with E-state index in [1.54, 1.807) is 12.1 Å². The molecule has 0 aliphatic carbocycles. The number of fused-ring (bicyclic) bond motifs is 1. The molecule has 16 heavy (non-hydrogen) atoms. The minimum atomic E-state index is -0.594. The summed E-state index contributed by atoms with van der Waals surface area (Å²) in [5, 5.41) is 0.356. The zero-order chi connectivity index (χ0) is 11.9. The SMILES string of the molecule is CC(C)(C)c1ccc2c(F)cc(F)cc2n1. The summed E-state index contributed by atoms with van der Waals surface area (Å²) < 4.78 is 26.4. The second-order valence-electron chi connectivity index (χ2n) is 4.90. The number of hydrogen-bond acceptors (Lipinski definition) is 1. The van der Waals surface area contributed by atoms with E-state index >= 15 is 0 Å². The summed E-state index contributed by atoms with van der Waals surface area (Å²) in [6.45, 7) is 6.03. The fourth-order valence-corrected chi connectivity index (χ4v) is 1.58. The molecule has 0 N–H and O–H groups in total. The van der Waals surface area contributed by atoms with Crippen LogP contribution < -0.4 is 0 Å². The first-order chi connectivity index (χ1) is 7.38. The Morgan fingerprint density at radius 1 is 1.06 bits per heavy atom. The van der Waals surface area contributed by atoms with Crippen molar-refractivity contribution < 1.29 is 8.78 Å². The zero-order valence-electron chi connectivity index (χ0n) is 9.51. The molecule has 0 saturated heterocycles. The van der Waals surface area contributed by atoms with Crippen molar-refractivity contribution in [2.75, 3.05) is 0 Å². The Morgan fingerprint density at radius 2 is 1.75 bits per heavy atom. The van der Waals surface area contributed by atoms with Gasteiger partial charge < -0.3 is 0 Å². The Kier molecular flexibility index (Phi) is 2.41. The third-order valence-electron chi connectivity index (χ3n) is 2.49. The van der Waals surface area contributed by atoms with Crippen LogP contribution in [0.4, 0.5) is 8.78 Å². The van der Waals surface area contributed by atoms with Crippen molar-refractivity contribution in [2.45, 2.75) is 26.2 Å². The predicted octanol–water partition coefficient (Wildman–Crippen LogP) is 3.81. The van der Waals surface area contributed by atoms with Gasteiger partial charge in [-0.15, -0.1) is 0 Å². The van der Waals surface area contributed by atoms with Gasteiger partial charge in [-0.05, 0) is 12.1 Å². The first-order valence-electron chi connectivity index (χ1n) is 5.14. The van der Waals surface area contributed by atoms with Crippen LogP contribution in [0.2, 0.25) is 0 Å². The second kappa shape index (κ2) is 3.51. The van der Waals surface area contributed by atoms with Gasteiger partial charge in [-0.1, -0.05) is 20.8 Å². The van der Waals surface area contributed by atoms with Gasteiger partial charge in [0.1, 0.15) is 11.6 Å². The van der Waals surface area contributed by atoms with E-state index in [4.69, 9.17) is 0 Å². The molecule has 0 aliphatic rings. The molecule has 1 aromatic heterocycles. The lowest BCUT2D eigenvalue weighted by Crippen LogP contribution is -2.13. The van der Waals surface area contributed by atoms with Crippen molar-refractivity contribution in [3.05, 3.63) is 41.6 Å². The first-order valence-corrected chi connectivity index (χ1v) is 5.14. The summed E-state index contributed by atoms with van der Waals surface area (Å²) in [4.78, 5) is 4.29. The number of pyridine rings is 1. The quantitative estimate of drug-likeness (QED) is 0.659. The third-order valence-corrected chi connectivity index (χ3v) is 2.49. The van der Waals surface area contributed by atoms with Crippen molar-refractivity contribution in [3.63, 3.8) is 0 Å². The van der Waals surface area contributed by atoms with Crippen LogP contribution in [-0.4, -0.2) is 4.98 Å². The van der Waals surface area contributed by atoms with Gasteiger partial charge in [0, 0.05) is 28.6 Å². The zero-order valence-corrected chi connectivity index (χ0v) is 9.51. The van der Waals surface area contributed by atoms with Gasteiger partial charge in [0.15, 0.2) is 0 Å². The molecule has 2 aromatic rings. The van der Waals surface area contributed by atoms with E-state index in [0.717, 1.165) is 11.8 Å². The van der Waals surface area contributed by atoms with E-state index in [1.165, 1.54) is 6.07 Å². The molecule has 3 heteroatoms. The summed E-state index contributed by atoms with van der Waals surface area (Å²) in [5.74, 6) is -1.16. The summed E-state index contributed by atoms with van der Waals surface area (Å²) in [5.41, 5.74) is 1.06. The van der Waals surface area contributed by atoms with E-state index in [9.17, 15) is 8.78 Å². The minimum Gasteiger partial charge on any atom is -0.252 e. The normalized spacial score (nSPS) is 12.1. The van der Waals surface area contributed by atoms with Crippen molar-refractivity contribution in [2.24, 2.45) is 0 Å². The Bertz CT molecular complexity index is 541. The molecule has 0 spiro atoms. The molecule has 0 fully saturated rings. The van der Waals surface area contributed by atoms with Crippen LogP contribution in [0.5, 0.6) is 0 Å². The smallest absolute Gasteiger partial charge is 0.135 e. The minimum absolute atomic E-state index is 0.128. The molecule has 1 heterocycles. The summed E-state index contributed by atoms with van der Waals surface area (Å²) in [6.07, 6.45) is 0. The molecule has 0 aliphatic heterocycles. The van der Waals surface area contributed by atoms with Crippen LogP contribution in [0.25, 0.3) is 10.9 Å². The van der Waals surface area contributed by atoms with Crippen LogP contribution in [-0.2, 0) is 5.41 Å². The average Bonchev–Trinajstić information content (AvgIpc) is 2.15. The highest BCUT2D eigenvalue weighted by Crippen LogP contribution is 2.24. The van der Waals surface area contributed by atoms with E-state index < -0.39 is 11.6 Å².